The predicted octanol–water partition coefficient (Wildman–Crippen LogP) is 2.37. The van der Waals surface area contributed by atoms with Crippen LogP contribution in [0.5, 0.6) is 0 Å². The molecule has 0 aliphatic rings. The van der Waals surface area contributed by atoms with Crippen molar-refractivity contribution in [2.75, 3.05) is 14.1 Å². The van der Waals surface area contributed by atoms with Crippen LogP contribution in [0.3, 0.4) is 0 Å². The van der Waals surface area contributed by atoms with Crippen molar-refractivity contribution in [1.82, 2.24) is 5.01 Å². The minimum Gasteiger partial charge on any atom is -0.303 e. The first kappa shape index (κ1) is 9.99. The molecule has 1 aromatic rings. The van der Waals surface area contributed by atoms with Gasteiger partial charge in [0.25, 0.3) is 0 Å². The molecule has 0 aliphatic carbocycles. The summed E-state index contributed by atoms with van der Waals surface area (Å²) in [6, 6.07) is 4.54. The molecule has 0 spiro atoms. The van der Waals surface area contributed by atoms with Crippen LogP contribution in [0, 0.1) is 5.82 Å². The molecule has 0 heterocycles. The van der Waals surface area contributed by atoms with Crippen LogP contribution >= 0.6 is 11.6 Å². The van der Waals surface area contributed by atoms with Gasteiger partial charge in [0.05, 0.1) is 11.2 Å². The minimum atomic E-state index is -0.363. The molecule has 0 fully saturated rings. The van der Waals surface area contributed by atoms with E-state index in [1.165, 1.54) is 12.3 Å². The molecule has 2 nitrogen and oxygen atoms in total. The number of benzene rings is 1. The first-order valence-electron chi connectivity index (χ1n) is 3.76. The van der Waals surface area contributed by atoms with Crippen LogP contribution in [0.4, 0.5) is 4.39 Å². The molecule has 70 valence electrons. The first-order valence-corrected chi connectivity index (χ1v) is 4.14. The van der Waals surface area contributed by atoms with Gasteiger partial charge in [-0.2, -0.15) is 5.10 Å². The second-order valence-corrected chi connectivity index (χ2v) is 3.13. The summed E-state index contributed by atoms with van der Waals surface area (Å²) in [5.74, 6) is -0.363. The zero-order chi connectivity index (χ0) is 9.84. The number of hydrogen-bond donors (Lipinski definition) is 0. The third kappa shape index (κ3) is 2.70. The smallest absolute Gasteiger partial charge is 0.133 e. The molecule has 1 aromatic carbocycles. The molecular weight excluding hydrogens is 191 g/mol. The van der Waals surface area contributed by atoms with Crippen LogP contribution in [0.2, 0.25) is 5.02 Å². The molecule has 0 aliphatic heterocycles. The summed E-state index contributed by atoms with van der Waals surface area (Å²) in [4.78, 5) is 0. The lowest BCUT2D eigenvalue weighted by atomic mass is 10.2. The van der Waals surface area contributed by atoms with Gasteiger partial charge in [0, 0.05) is 19.7 Å². The molecule has 0 unspecified atom stereocenters. The lowest BCUT2D eigenvalue weighted by Gasteiger charge is -2.03. The van der Waals surface area contributed by atoms with Gasteiger partial charge < -0.3 is 5.01 Å². The lowest BCUT2D eigenvalue weighted by Crippen LogP contribution is -2.02. The van der Waals surface area contributed by atoms with Crippen LogP contribution in [-0.2, 0) is 0 Å². The van der Waals surface area contributed by atoms with Crippen molar-refractivity contribution >= 4 is 17.8 Å². The normalized spacial score (nSPS) is 10.8. The Bertz CT molecular complexity index is 303. The van der Waals surface area contributed by atoms with E-state index in [9.17, 15) is 4.39 Å². The second kappa shape index (κ2) is 4.23. The lowest BCUT2D eigenvalue weighted by molar-refractivity contribution is 0.440. The number of halogens is 2. The molecule has 0 bridgehead atoms. The first-order chi connectivity index (χ1) is 6.11. The van der Waals surface area contributed by atoms with Gasteiger partial charge in [0.2, 0.25) is 0 Å². The van der Waals surface area contributed by atoms with E-state index in [4.69, 9.17) is 11.6 Å². The third-order valence-electron chi connectivity index (χ3n) is 1.42. The molecule has 0 saturated heterocycles. The standard InChI is InChI=1S/C9H10ClFN2/c1-13(2)12-6-7-8(10)4-3-5-9(7)11/h3-6H,1-2H3/b12-6+. The van der Waals surface area contributed by atoms with Gasteiger partial charge in [0.15, 0.2) is 0 Å². The summed E-state index contributed by atoms with van der Waals surface area (Å²) in [5.41, 5.74) is 0.317. The highest BCUT2D eigenvalue weighted by Gasteiger charge is 2.02. The van der Waals surface area contributed by atoms with Gasteiger partial charge in [-0.05, 0) is 12.1 Å². The molecule has 1 rings (SSSR count). The van der Waals surface area contributed by atoms with Crippen molar-refractivity contribution in [3.63, 3.8) is 0 Å². The van der Waals surface area contributed by atoms with E-state index in [0.29, 0.717) is 10.6 Å². The van der Waals surface area contributed by atoms with E-state index in [1.807, 2.05) is 0 Å². The van der Waals surface area contributed by atoms with E-state index in [1.54, 1.807) is 31.2 Å². The average molecular weight is 201 g/mol. The van der Waals surface area contributed by atoms with E-state index in [-0.39, 0.29) is 5.82 Å². The second-order valence-electron chi connectivity index (χ2n) is 2.73. The van der Waals surface area contributed by atoms with Crippen molar-refractivity contribution < 1.29 is 4.39 Å². The Morgan fingerprint density at radius 1 is 1.46 bits per heavy atom. The molecular formula is C9H10ClFN2. The average Bonchev–Trinajstić information content (AvgIpc) is 2.03. The van der Waals surface area contributed by atoms with Crippen molar-refractivity contribution in [2.24, 2.45) is 5.10 Å². The fourth-order valence-electron chi connectivity index (χ4n) is 0.807. The van der Waals surface area contributed by atoms with Gasteiger partial charge >= 0.3 is 0 Å². The van der Waals surface area contributed by atoms with Crippen molar-refractivity contribution in [1.29, 1.82) is 0 Å². The maximum Gasteiger partial charge on any atom is 0.133 e. The Hall–Kier alpha value is -1.09. The SMILES string of the molecule is CN(C)/N=C/c1c(F)cccc1Cl. The zero-order valence-electron chi connectivity index (χ0n) is 7.46. The Kier molecular flexibility index (Phi) is 3.25. The maximum absolute atomic E-state index is 13.1. The molecule has 4 heteroatoms. The summed E-state index contributed by atoms with van der Waals surface area (Å²) in [7, 11) is 3.51. The Balaban J connectivity index is 3.00. The Morgan fingerprint density at radius 2 is 2.15 bits per heavy atom. The number of rotatable bonds is 2. The third-order valence-corrected chi connectivity index (χ3v) is 1.75. The summed E-state index contributed by atoms with van der Waals surface area (Å²) < 4.78 is 13.1. The van der Waals surface area contributed by atoms with Gasteiger partial charge in [-0.1, -0.05) is 17.7 Å². The molecule has 0 radical (unpaired) electrons. The predicted molar refractivity (Wildman–Crippen MR) is 52.7 cm³/mol. The molecule has 0 saturated carbocycles. The van der Waals surface area contributed by atoms with Crippen LogP contribution in [0.1, 0.15) is 5.56 Å². The summed E-state index contributed by atoms with van der Waals surface area (Å²) in [6.45, 7) is 0. The number of hydrazone groups is 1. The van der Waals surface area contributed by atoms with Crippen molar-refractivity contribution in [3.05, 3.63) is 34.6 Å². The van der Waals surface area contributed by atoms with Gasteiger partial charge in [-0.15, -0.1) is 0 Å². The Labute approximate surface area is 81.6 Å². The highest BCUT2D eigenvalue weighted by molar-refractivity contribution is 6.33. The molecule has 0 amide bonds. The summed E-state index contributed by atoms with van der Waals surface area (Å²) in [5, 5.41) is 5.84. The maximum atomic E-state index is 13.1. The minimum absolute atomic E-state index is 0.317. The van der Waals surface area contributed by atoms with Crippen molar-refractivity contribution in [2.45, 2.75) is 0 Å². The van der Waals surface area contributed by atoms with E-state index in [2.05, 4.69) is 5.10 Å². The van der Waals surface area contributed by atoms with Crippen LogP contribution in [0.15, 0.2) is 23.3 Å². The monoisotopic (exact) mass is 200 g/mol. The largest absolute Gasteiger partial charge is 0.303 e. The molecule has 0 atom stereocenters. The summed E-state index contributed by atoms with van der Waals surface area (Å²) >= 11 is 5.76. The fraction of sp³-hybridized carbons (Fsp3) is 0.222. The van der Waals surface area contributed by atoms with Gasteiger partial charge in [-0.25, -0.2) is 4.39 Å². The van der Waals surface area contributed by atoms with Gasteiger partial charge in [-0.3, -0.25) is 0 Å². The zero-order valence-corrected chi connectivity index (χ0v) is 8.22. The number of hydrogen-bond acceptors (Lipinski definition) is 2. The highest BCUT2D eigenvalue weighted by Crippen LogP contribution is 2.16. The van der Waals surface area contributed by atoms with Crippen molar-refractivity contribution in [3.8, 4) is 0 Å². The quantitative estimate of drug-likeness (QED) is 0.529. The van der Waals surface area contributed by atoms with Crippen LogP contribution in [-0.4, -0.2) is 25.3 Å². The van der Waals surface area contributed by atoms with E-state index >= 15 is 0 Å². The fourth-order valence-corrected chi connectivity index (χ4v) is 1.02. The molecule has 0 N–H and O–H groups in total. The van der Waals surface area contributed by atoms with Crippen LogP contribution < -0.4 is 0 Å². The van der Waals surface area contributed by atoms with Crippen LogP contribution in [0.25, 0.3) is 0 Å². The topological polar surface area (TPSA) is 15.6 Å². The van der Waals surface area contributed by atoms with E-state index in [0.717, 1.165) is 0 Å². The highest BCUT2D eigenvalue weighted by atomic mass is 35.5. The molecule has 0 aromatic heterocycles. The van der Waals surface area contributed by atoms with E-state index < -0.39 is 0 Å². The number of nitrogens with zero attached hydrogens (tertiary/aromatic N) is 2. The Morgan fingerprint density at radius 3 is 2.69 bits per heavy atom. The molecule has 13 heavy (non-hydrogen) atoms. The summed E-state index contributed by atoms with van der Waals surface area (Å²) in [6.07, 6.45) is 1.40. The van der Waals surface area contributed by atoms with Gasteiger partial charge in [0.1, 0.15) is 5.82 Å².